The van der Waals surface area contributed by atoms with E-state index in [0.29, 0.717) is 30.3 Å². The summed E-state index contributed by atoms with van der Waals surface area (Å²) in [5.74, 6) is 5.79. The van der Waals surface area contributed by atoms with Gasteiger partial charge < -0.3 is 25.0 Å². The van der Waals surface area contributed by atoms with Crippen LogP contribution in [0, 0.1) is 40.9 Å². The number of morpholine rings is 1. The fraction of sp³-hybridized carbons (Fsp3) is 0.593. The maximum Gasteiger partial charge on any atom is 0.230 e. The van der Waals surface area contributed by atoms with Crippen molar-refractivity contribution >= 4 is 23.2 Å². The average molecular weight is 474 g/mol. The van der Waals surface area contributed by atoms with E-state index in [1.54, 1.807) is 13.1 Å². The third-order valence-corrected chi connectivity index (χ3v) is 10.2. The predicted octanol–water partition coefficient (Wildman–Crippen LogP) is 2.84. The monoisotopic (exact) mass is 473 g/mol. The van der Waals surface area contributed by atoms with Gasteiger partial charge in [0.2, 0.25) is 17.7 Å². The molecule has 0 spiro atoms. The summed E-state index contributed by atoms with van der Waals surface area (Å²) < 4.78 is 12.1. The molecule has 6 atom stereocenters. The standard InChI is InChI=1S/C27H31N5O3/c1-13-10-32(11-14(2)35-13)17-6-4-16(5-7-17)29-25-28-9-8-18(30-25)34-12-26-21-19-22-20(21)24(26)27(22,23(19)26)31-15(3)33/h4-9,13-14,19-24H,10-12H2,1-3H3,(H,31,33)(H,28,29,30)/t13-,14+,19?,20?,21?,22?,23?,24?,26?,27?. The van der Waals surface area contributed by atoms with Gasteiger partial charge in [-0.15, -0.1) is 0 Å². The highest BCUT2D eigenvalue weighted by Gasteiger charge is 3.10. The molecular weight excluding hydrogens is 442 g/mol. The van der Waals surface area contributed by atoms with Gasteiger partial charge in [0, 0.05) is 49.1 Å². The molecule has 2 heterocycles. The Hall–Kier alpha value is -2.87. The fourth-order valence-electron chi connectivity index (χ4n) is 9.66. The zero-order chi connectivity index (χ0) is 23.7. The van der Waals surface area contributed by atoms with Crippen molar-refractivity contribution < 1.29 is 14.3 Å². The second-order valence-electron chi connectivity index (χ2n) is 11.7. The average Bonchev–Trinajstić information content (AvgIpc) is 2.82. The molecule has 7 aliphatic rings. The van der Waals surface area contributed by atoms with Crippen LogP contribution in [0.5, 0.6) is 5.88 Å². The van der Waals surface area contributed by atoms with Crippen LogP contribution in [-0.4, -0.2) is 53.3 Å². The van der Waals surface area contributed by atoms with Crippen molar-refractivity contribution in [2.75, 3.05) is 29.9 Å². The number of hydrogen-bond acceptors (Lipinski definition) is 7. The maximum atomic E-state index is 11.7. The SMILES string of the molecule is CC(=O)NC12C3C4C5C3C1C5(COc1ccnc(Nc3ccc(N5C[C@@H](C)O[C@@H](C)C5)cc3)n1)C42. The first-order chi connectivity index (χ1) is 16.9. The van der Waals surface area contributed by atoms with Crippen molar-refractivity contribution in [3.8, 4) is 5.88 Å². The van der Waals surface area contributed by atoms with E-state index < -0.39 is 0 Å². The summed E-state index contributed by atoms with van der Waals surface area (Å²) in [7, 11) is 0. The lowest BCUT2D eigenvalue weighted by molar-refractivity contribution is -0.627. The highest BCUT2D eigenvalue weighted by atomic mass is 16.5. The van der Waals surface area contributed by atoms with Crippen molar-refractivity contribution in [2.45, 2.75) is 38.5 Å². The fourth-order valence-corrected chi connectivity index (χ4v) is 9.66. The van der Waals surface area contributed by atoms with Crippen molar-refractivity contribution in [2.24, 2.45) is 40.9 Å². The van der Waals surface area contributed by atoms with Crippen LogP contribution in [0.2, 0.25) is 0 Å². The van der Waals surface area contributed by atoms with Crippen LogP contribution in [0.3, 0.4) is 0 Å². The van der Waals surface area contributed by atoms with E-state index in [9.17, 15) is 4.79 Å². The van der Waals surface area contributed by atoms with Crippen LogP contribution in [-0.2, 0) is 9.53 Å². The van der Waals surface area contributed by atoms with Crippen molar-refractivity contribution in [3.63, 3.8) is 0 Å². The number of anilines is 3. The van der Waals surface area contributed by atoms with Gasteiger partial charge in [-0.25, -0.2) is 4.98 Å². The van der Waals surface area contributed by atoms with Crippen molar-refractivity contribution in [1.82, 2.24) is 15.3 Å². The first-order valence-electron chi connectivity index (χ1n) is 13.0. The van der Waals surface area contributed by atoms with Gasteiger partial charge in [-0.1, -0.05) is 0 Å². The molecule has 2 aromatic rings. The van der Waals surface area contributed by atoms with Gasteiger partial charge in [-0.05, 0) is 73.6 Å². The molecule has 1 aromatic carbocycles. The van der Waals surface area contributed by atoms with Crippen LogP contribution in [0.4, 0.5) is 17.3 Å². The topological polar surface area (TPSA) is 88.6 Å². The lowest BCUT2D eigenvalue weighted by Gasteiger charge is -3.11. The Kier molecular flexibility index (Phi) is 3.75. The summed E-state index contributed by atoms with van der Waals surface area (Å²) in [6.07, 6.45) is 2.21. The Bertz CT molecular complexity index is 1200. The molecule has 182 valence electrons. The van der Waals surface area contributed by atoms with Crippen LogP contribution in [0.25, 0.3) is 0 Å². The van der Waals surface area contributed by atoms with Gasteiger partial charge in [-0.3, -0.25) is 4.79 Å². The molecule has 4 unspecified atom stereocenters. The second-order valence-corrected chi connectivity index (χ2v) is 11.7. The summed E-state index contributed by atoms with van der Waals surface area (Å²) in [6.45, 7) is 8.39. The lowest BCUT2D eigenvalue weighted by atomic mass is 8.94. The summed E-state index contributed by atoms with van der Waals surface area (Å²) in [5.41, 5.74) is 2.55. The van der Waals surface area contributed by atoms with E-state index in [2.05, 4.69) is 63.6 Å². The molecular formula is C27H31N5O3. The largest absolute Gasteiger partial charge is 0.477 e. The molecule has 6 aliphatic carbocycles. The normalized spacial score (nSPS) is 44.5. The van der Waals surface area contributed by atoms with Crippen molar-refractivity contribution in [3.05, 3.63) is 36.5 Å². The first-order valence-corrected chi connectivity index (χ1v) is 13.0. The van der Waals surface area contributed by atoms with Crippen molar-refractivity contribution in [1.29, 1.82) is 0 Å². The number of nitrogens with zero attached hydrogens (tertiary/aromatic N) is 3. The van der Waals surface area contributed by atoms with E-state index in [4.69, 9.17) is 9.47 Å². The predicted molar refractivity (Wildman–Crippen MR) is 129 cm³/mol. The smallest absolute Gasteiger partial charge is 0.230 e. The highest BCUT2D eigenvalue weighted by Crippen LogP contribution is 3.06. The number of ether oxygens (including phenoxy) is 2. The molecule has 35 heavy (non-hydrogen) atoms. The van der Waals surface area contributed by atoms with E-state index in [-0.39, 0.29) is 29.1 Å². The van der Waals surface area contributed by atoms with Gasteiger partial charge in [0.05, 0.1) is 24.4 Å². The van der Waals surface area contributed by atoms with Gasteiger partial charge >= 0.3 is 0 Å². The second kappa shape index (κ2) is 6.46. The van der Waals surface area contributed by atoms with Gasteiger partial charge in [0.25, 0.3) is 0 Å². The maximum absolute atomic E-state index is 11.7. The van der Waals surface area contributed by atoms with Crippen LogP contribution in [0.1, 0.15) is 20.8 Å². The lowest BCUT2D eigenvalue weighted by Crippen LogP contribution is -3.16. The number of nitrogens with one attached hydrogen (secondary N) is 2. The zero-order valence-electron chi connectivity index (χ0n) is 20.3. The number of carbonyl (C=O) groups excluding carboxylic acids is 1. The first kappa shape index (κ1) is 20.3. The number of amides is 1. The number of carbonyl (C=O) groups is 1. The Morgan fingerprint density at radius 3 is 2.51 bits per heavy atom. The summed E-state index contributed by atoms with van der Waals surface area (Å²) in [4.78, 5) is 23.1. The molecule has 1 saturated heterocycles. The molecule has 1 aromatic heterocycles. The molecule has 6 saturated carbocycles. The molecule has 8 nitrogen and oxygen atoms in total. The molecule has 0 bridgehead atoms. The highest BCUT2D eigenvalue weighted by molar-refractivity contribution is 5.77. The Labute approximate surface area is 204 Å². The Morgan fingerprint density at radius 2 is 1.83 bits per heavy atom. The molecule has 8 heteroatoms. The molecule has 1 aliphatic heterocycles. The van der Waals surface area contributed by atoms with E-state index in [1.807, 2.05) is 6.07 Å². The number of rotatable bonds is 7. The minimum Gasteiger partial charge on any atom is -0.477 e. The molecule has 2 N–H and O–H groups in total. The Morgan fingerprint density at radius 1 is 1.11 bits per heavy atom. The number of hydrogen-bond donors (Lipinski definition) is 2. The minimum absolute atomic E-state index is 0.116. The van der Waals surface area contributed by atoms with Gasteiger partial charge in [0.1, 0.15) is 0 Å². The Balaban J connectivity index is 0.915. The summed E-state index contributed by atoms with van der Waals surface area (Å²) >= 11 is 0. The molecule has 1 amide bonds. The minimum atomic E-state index is 0.116. The van der Waals surface area contributed by atoms with E-state index in [0.717, 1.165) is 42.4 Å². The molecule has 9 rings (SSSR count). The quantitative estimate of drug-likeness (QED) is 0.639. The zero-order valence-corrected chi connectivity index (χ0v) is 20.3. The summed E-state index contributed by atoms with van der Waals surface area (Å²) in [6, 6.07) is 10.2. The van der Waals surface area contributed by atoms with Crippen LogP contribution in [0.15, 0.2) is 36.5 Å². The van der Waals surface area contributed by atoms with Gasteiger partial charge in [0.15, 0.2) is 0 Å². The molecule has 0 radical (unpaired) electrons. The number of aromatic nitrogens is 2. The van der Waals surface area contributed by atoms with E-state index in [1.165, 1.54) is 5.69 Å². The van der Waals surface area contributed by atoms with E-state index >= 15 is 0 Å². The summed E-state index contributed by atoms with van der Waals surface area (Å²) in [5, 5.41) is 6.63. The van der Waals surface area contributed by atoms with Crippen LogP contribution >= 0.6 is 0 Å². The van der Waals surface area contributed by atoms with Gasteiger partial charge in [-0.2, -0.15) is 4.98 Å². The van der Waals surface area contributed by atoms with Crippen LogP contribution < -0.4 is 20.3 Å². The molecule has 7 fully saturated rings. The number of benzene rings is 1. The third-order valence-electron chi connectivity index (χ3n) is 10.2. The third kappa shape index (κ3) is 2.26.